The highest BCUT2D eigenvalue weighted by atomic mass is 16.4. The Morgan fingerprint density at radius 3 is 1.50 bits per heavy atom. The standard InChI is InChI=1S/C4H11NO2.C4H6O5.C4H10/c6-3-1-5-2-4-7;5-2(4(8)9)1-3(6)7;1-4(2)3/h5-7H,1-4H2;2,5H,1H2,(H,6,7)(H,8,9);4H,1-3H3. The third-order valence-corrected chi connectivity index (χ3v) is 1.23. The molecule has 1 unspecified atom stereocenters. The van der Waals surface area contributed by atoms with Gasteiger partial charge < -0.3 is 30.8 Å². The smallest absolute Gasteiger partial charge is 0.333 e. The molecule has 8 heteroatoms. The molecule has 0 bridgehead atoms. The summed E-state index contributed by atoms with van der Waals surface area (Å²) in [6, 6.07) is 0. The Morgan fingerprint density at radius 1 is 1.00 bits per heavy atom. The topological polar surface area (TPSA) is 147 Å². The summed E-state index contributed by atoms with van der Waals surface area (Å²) in [6.07, 6.45) is -2.54. The fourth-order valence-electron chi connectivity index (χ4n) is 0.536. The van der Waals surface area contributed by atoms with Crippen LogP contribution in [0.3, 0.4) is 0 Å². The quantitative estimate of drug-likeness (QED) is 0.332. The molecule has 0 aliphatic carbocycles. The lowest BCUT2D eigenvalue weighted by Crippen LogP contribution is -2.22. The van der Waals surface area contributed by atoms with Crippen molar-refractivity contribution in [1.29, 1.82) is 0 Å². The van der Waals surface area contributed by atoms with Gasteiger partial charge in [0.25, 0.3) is 0 Å². The second kappa shape index (κ2) is 17.8. The van der Waals surface area contributed by atoms with E-state index in [1.165, 1.54) is 0 Å². The molecule has 0 aromatic carbocycles. The van der Waals surface area contributed by atoms with Gasteiger partial charge in [-0.3, -0.25) is 4.79 Å². The van der Waals surface area contributed by atoms with Crippen LogP contribution < -0.4 is 5.32 Å². The summed E-state index contributed by atoms with van der Waals surface area (Å²) in [5.41, 5.74) is 0. The number of rotatable bonds is 7. The molecule has 8 nitrogen and oxygen atoms in total. The fraction of sp³-hybridized carbons (Fsp3) is 0.833. The molecule has 0 saturated heterocycles. The van der Waals surface area contributed by atoms with Gasteiger partial charge in [-0.1, -0.05) is 20.8 Å². The highest BCUT2D eigenvalue weighted by Gasteiger charge is 2.16. The minimum atomic E-state index is -1.79. The van der Waals surface area contributed by atoms with Crippen LogP contribution in [0, 0.1) is 5.92 Å². The van der Waals surface area contributed by atoms with Gasteiger partial charge in [-0.2, -0.15) is 0 Å². The first-order valence-electron chi connectivity index (χ1n) is 6.24. The van der Waals surface area contributed by atoms with Gasteiger partial charge in [0, 0.05) is 13.1 Å². The molecule has 0 saturated carbocycles. The highest BCUT2D eigenvalue weighted by molar-refractivity contribution is 5.79. The van der Waals surface area contributed by atoms with Gasteiger partial charge in [-0.15, -0.1) is 0 Å². The molecule has 0 amide bonds. The number of aliphatic carboxylic acids is 2. The van der Waals surface area contributed by atoms with Gasteiger partial charge in [0.05, 0.1) is 19.6 Å². The molecule has 0 aromatic heterocycles. The Labute approximate surface area is 119 Å². The summed E-state index contributed by atoms with van der Waals surface area (Å²) in [7, 11) is 0. The van der Waals surface area contributed by atoms with E-state index in [0.29, 0.717) is 13.1 Å². The molecule has 0 heterocycles. The van der Waals surface area contributed by atoms with Gasteiger partial charge in [-0.25, -0.2) is 4.79 Å². The fourth-order valence-corrected chi connectivity index (χ4v) is 0.536. The normalized spacial score (nSPS) is 10.8. The van der Waals surface area contributed by atoms with Gasteiger partial charge in [-0.05, 0) is 5.92 Å². The lowest BCUT2D eigenvalue weighted by atomic mass is 10.3. The zero-order valence-electron chi connectivity index (χ0n) is 12.2. The first-order chi connectivity index (χ1) is 9.18. The molecular formula is C12H27NO7. The van der Waals surface area contributed by atoms with E-state index in [1.54, 1.807) is 0 Å². The van der Waals surface area contributed by atoms with Crippen LogP contribution in [-0.2, 0) is 9.59 Å². The third-order valence-electron chi connectivity index (χ3n) is 1.23. The number of nitrogens with one attached hydrogen (secondary N) is 1. The maximum atomic E-state index is 9.72. The molecule has 0 radical (unpaired) electrons. The summed E-state index contributed by atoms with van der Waals surface area (Å²) >= 11 is 0. The van der Waals surface area contributed by atoms with Crippen molar-refractivity contribution in [2.75, 3.05) is 26.3 Å². The predicted octanol–water partition coefficient (Wildman–Crippen LogP) is -0.870. The predicted molar refractivity (Wildman–Crippen MR) is 73.4 cm³/mol. The zero-order chi connectivity index (χ0) is 16.6. The van der Waals surface area contributed by atoms with E-state index < -0.39 is 24.5 Å². The average Bonchev–Trinajstić information content (AvgIpc) is 2.29. The number of carboxylic acids is 2. The molecule has 0 aromatic rings. The molecule has 20 heavy (non-hydrogen) atoms. The minimum Gasteiger partial charge on any atom is -0.481 e. The molecule has 1 atom stereocenters. The van der Waals surface area contributed by atoms with Crippen LogP contribution in [-0.4, -0.2) is 69.9 Å². The van der Waals surface area contributed by atoms with Gasteiger partial charge in [0.2, 0.25) is 0 Å². The summed E-state index contributed by atoms with van der Waals surface area (Å²) in [5.74, 6) is -2.01. The molecular weight excluding hydrogens is 270 g/mol. The zero-order valence-corrected chi connectivity index (χ0v) is 12.2. The van der Waals surface area contributed by atoms with Crippen molar-refractivity contribution >= 4 is 11.9 Å². The van der Waals surface area contributed by atoms with Crippen LogP contribution in [0.1, 0.15) is 27.2 Å². The summed E-state index contributed by atoms with van der Waals surface area (Å²) in [5, 5.41) is 43.2. The Bertz CT molecular complexity index is 227. The molecule has 6 N–H and O–H groups in total. The monoisotopic (exact) mass is 297 g/mol. The lowest BCUT2D eigenvalue weighted by molar-refractivity contribution is -0.152. The number of carbonyl (C=O) groups is 2. The maximum Gasteiger partial charge on any atom is 0.333 e. The minimum absolute atomic E-state index is 0.139. The van der Waals surface area contributed by atoms with Crippen molar-refractivity contribution in [3.05, 3.63) is 0 Å². The molecule has 0 fully saturated rings. The van der Waals surface area contributed by atoms with Crippen LogP contribution in [0.15, 0.2) is 0 Å². The molecule has 0 spiro atoms. The Kier molecular flexibility index (Phi) is 21.2. The summed E-state index contributed by atoms with van der Waals surface area (Å²) in [6.45, 7) is 7.92. The van der Waals surface area contributed by atoms with Gasteiger partial charge >= 0.3 is 11.9 Å². The van der Waals surface area contributed by atoms with Crippen molar-refractivity contribution in [1.82, 2.24) is 5.32 Å². The number of aliphatic hydroxyl groups is 3. The van der Waals surface area contributed by atoms with E-state index in [0.717, 1.165) is 5.92 Å². The third kappa shape index (κ3) is 36.0. The van der Waals surface area contributed by atoms with Crippen molar-refractivity contribution in [3.63, 3.8) is 0 Å². The largest absolute Gasteiger partial charge is 0.481 e. The lowest BCUT2D eigenvalue weighted by Gasteiger charge is -1.97. The van der Waals surface area contributed by atoms with Crippen LogP contribution in [0.2, 0.25) is 0 Å². The van der Waals surface area contributed by atoms with Crippen LogP contribution in [0.5, 0.6) is 0 Å². The van der Waals surface area contributed by atoms with Crippen molar-refractivity contribution in [3.8, 4) is 0 Å². The molecule has 0 aliphatic rings. The first-order valence-corrected chi connectivity index (χ1v) is 6.24. The molecule has 122 valence electrons. The van der Waals surface area contributed by atoms with E-state index >= 15 is 0 Å². The van der Waals surface area contributed by atoms with Crippen molar-refractivity contribution in [2.24, 2.45) is 5.92 Å². The van der Waals surface area contributed by atoms with Gasteiger partial charge in [0.1, 0.15) is 0 Å². The number of hydrogen-bond donors (Lipinski definition) is 6. The number of carboxylic acid groups (broad SMARTS) is 2. The molecule has 0 aliphatic heterocycles. The second-order valence-corrected chi connectivity index (χ2v) is 4.38. The maximum absolute atomic E-state index is 9.72. The van der Waals surface area contributed by atoms with E-state index in [9.17, 15) is 9.59 Å². The summed E-state index contributed by atoms with van der Waals surface area (Å²) < 4.78 is 0. The van der Waals surface area contributed by atoms with Crippen LogP contribution in [0.4, 0.5) is 0 Å². The van der Waals surface area contributed by atoms with Crippen LogP contribution >= 0.6 is 0 Å². The molecule has 0 rings (SSSR count). The number of hydrogen-bond acceptors (Lipinski definition) is 6. The highest BCUT2D eigenvalue weighted by Crippen LogP contribution is 1.89. The SMILES string of the molecule is CC(C)C.O=C(O)CC(O)C(=O)O.OCCNCCO. The second-order valence-electron chi connectivity index (χ2n) is 4.38. The van der Waals surface area contributed by atoms with E-state index in [-0.39, 0.29) is 13.2 Å². The van der Waals surface area contributed by atoms with Crippen LogP contribution in [0.25, 0.3) is 0 Å². The van der Waals surface area contributed by atoms with Crippen molar-refractivity contribution < 1.29 is 35.1 Å². The van der Waals surface area contributed by atoms with E-state index in [1.807, 2.05) is 0 Å². The first kappa shape index (κ1) is 23.8. The Morgan fingerprint density at radius 2 is 1.35 bits per heavy atom. The van der Waals surface area contributed by atoms with E-state index in [2.05, 4.69) is 26.1 Å². The Balaban J connectivity index is -0.000000234. The Hall–Kier alpha value is -1.22. The number of aliphatic hydroxyl groups excluding tert-OH is 3. The summed E-state index contributed by atoms with van der Waals surface area (Å²) in [4.78, 5) is 19.4. The van der Waals surface area contributed by atoms with Crippen molar-refractivity contribution in [2.45, 2.75) is 33.3 Å². The van der Waals surface area contributed by atoms with E-state index in [4.69, 9.17) is 25.5 Å². The van der Waals surface area contributed by atoms with Gasteiger partial charge in [0.15, 0.2) is 6.10 Å². The average molecular weight is 297 g/mol.